The molecule has 1 atom stereocenters. The van der Waals surface area contributed by atoms with Crippen LogP contribution in [0.15, 0.2) is 0 Å². The first-order valence-electron chi connectivity index (χ1n) is 7.63. The summed E-state index contributed by atoms with van der Waals surface area (Å²) in [5.74, 6) is 0. The van der Waals surface area contributed by atoms with Gasteiger partial charge < -0.3 is 19.3 Å². The molecule has 128 valence electrons. The van der Waals surface area contributed by atoms with E-state index in [9.17, 15) is 9.67 Å². The van der Waals surface area contributed by atoms with Gasteiger partial charge >= 0.3 is 7.60 Å². The van der Waals surface area contributed by atoms with Gasteiger partial charge in [0.2, 0.25) is 0 Å². The lowest BCUT2D eigenvalue weighted by Crippen LogP contribution is -2.52. The van der Waals surface area contributed by atoms with Crippen LogP contribution in [-0.2, 0) is 8.99 Å². The molecule has 0 fully saturated rings. The van der Waals surface area contributed by atoms with Crippen molar-refractivity contribution in [3.8, 4) is 0 Å². The normalized spacial score (nSPS) is 16.1. The average Bonchev–Trinajstić information content (AvgIpc) is 2.30. The van der Waals surface area contributed by atoms with Crippen LogP contribution in [0.5, 0.6) is 0 Å². The molecule has 1 unspecified atom stereocenters. The molecule has 0 spiro atoms. The lowest BCUT2D eigenvalue weighted by atomic mass is 9.89. The molecule has 0 radical (unpaired) electrons. The highest BCUT2D eigenvalue weighted by molar-refractivity contribution is 7.51. The highest BCUT2D eigenvalue weighted by Gasteiger charge is 2.44. The summed E-state index contributed by atoms with van der Waals surface area (Å²) in [6.07, 6.45) is 0.387. The van der Waals surface area contributed by atoms with E-state index in [1.807, 2.05) is 13.8 Å². The van der Waals surface area contributed by atoms with Crippen LogP contribution in [0.4, 0.5) is 0 Å². The van der Waals surface area contributed by atoms with E-state index in [0.29, 0.717) is 12.8 Å². The largest absolute Gasteiger partial charge is 0.411 e. The van der Waals surface area contributed by atoms with Crippen LogP contribution in [0.1, 0.15) is 53.9 Å². The van der Waals surface area contributed by atoms with Gasteiger partial charge in [-0.05, 0) is 37.4 Å². The number of hydrogen-bond acceptors (Lipinski definition) is 3. The molecule has 0 bridgehead atoms. The minimum Gasteiger partial charge on any atom is -0.411 e. The van der Waals surface area contributed by atoms with Gasteiger partial charge in [-0.15, -0.1) is 0 Å². The molecule has 5 nitrogen and oxygen atoms in total. The van der Waals surface area contributed by atoms with E-state index < -0.39 is 27.6 Å². The fourth-order valence-corrected chi connectivity index (χ4v) is 3.93. The van der Waals surface area contributed by atoms with E-state index in [2.05, 4.69) is 33.9 Å². The van der Waals surface area contributed by atoms with Gasteiger partial charge in [-0.1, -0.05) is 34.6 Å². The molecule has 3 N–H and O–H groups in total. The monoisotopic (exact) mass is 340 g/mol. The van der Waals surface area contributed by atoms with Gasteiger partial charge in [-0.3, -0.25) is 4.57 Å². The predicted octanol–water partition coefficient (Wildman–Crippen LogP) is 3.50. The molecule has 0 aromatic heterocycles. The summed E-state index contributed by atoms with van der Waals surface area (Å²) in [4.78, 5) is 18.2. The van der Waals surface area contributed by atoms with Crippen molar-refractivity contribution < 1.29 is 23.9 Å². The fourth-order valence-electron chi connectivity index (χ4n) is 1.96. The van der Waals surface area contributed by atoms with E-state index >= 15 is 0 Å². The molecular weight excluding hydrogens is 307 g/mol. The maximum absolute atomic E-state index is 11.2. The van der Waals surface area contributed by atoms with E-state index in [0.717, 1.165) is 0 Å². The van der Waals surface area contributed by atoms with Crippen molar-refractivity contribution in [2.75, 3.05) is 6.16 Å². The maximum Gasteiger partial charge on any atom is 0.325 e. The Labute approximate surface area is 130 Å². The summed E-state index contributed by atoms with van der Waals surface area (Å²) >= 11 is 0. The zero-order valence-corrected chi connectivity index (χ0v) is 16.4. The van der Waals surface area contributed by atoms with Crippen molar-refractivity contribution in [3.63, 3.8) is 0 Å². The zero-order chi connectivity index (χ0) is 17.1. The van der Waals surface area contributed by atoms with E-state index in [4.69, 9.17) is 14.2 Å². The number of hydrogen-bond donors (Lipinski definition) is 3. The van der Waals surface area contributed by atoms with Crippen molar-refractivity contribution in [1.82, 2.24) is 0 Å². The molecule has 0 aliphatic heterocycles. The topological polar surface area (TPSA) is 87.0 Å². The maximum atomic E-state index is 11.2. The van der Waals surface area contributed by atoms with Gasteiger partial charge in [0.15, 0.2) is 8.32 Å². The molecule has 0 aromatic rings. The number of rotatable bonds is 8. The lowest BCUT2D eigenvalue weighted by molar-refractivity contribution is -0.0739. The first-order valence-corrected chi connectivity index (χ1v) is 12.3. The standard InChI is InChI=1S/C14H33O5PSi/c1-8-14(15,9-2)12(10-11-20(16,17)18)19-21(6,7)13(3,4)5/h12,15H,8-11H2,1-7H3,(H2,16,17,18). The Bertz CT molecular complexity index is 368. The van der Waals surface area contributed by atoms with Crippen LogP contribution in [0.25, 0.3) is 0 Å². The molecule has 0 amide bonds. The Morgan fingerprint density at radius 1 is 1.14 bits per heavy atom. The molecule has 0 heterocycles. The number of aliphatic hydroxyl groups is 1. The van der Waals surface area contributed by atoms with Crippen LogP contribution < -0.4 is 0 Å². The molecule has 0 rings (SSSR count). The van der Waals surface area contributed by atoms with Gasteiger partial charge in [-0.2, -0.15) is 0 Å². The van der Waals surface area contributed by atoms with Crippen LogP contribution in [0, 0.1) is 0 Å². The Kier molecular flexibility index (Phi) is 7.34. The van der Waals surface area contributed by atoms with Crippen LogP contribution in [0.2, 0.25) is 18.1 Å². The summed E-state index contributed by atoms with van der Waals surface area (Å²) in [5.41, 5.74) is -1.04. The lowest BCUT2D eigenvalue weighted by Gasteiger charge is -2.44. The van der Waals surface area contributed by atoms with Crippen LogP contribution in [0.3, 0.4) is 0 Å². The van der Waals surface area contributed by atoms with Gasteiger partial charge in [0.25, 0.3) is 0 Å². The smallest absolute Gasteiger partial charge is 0.325 e. The third-order valence-electron chi connectivity index (χ3n) is 4.75. The third kappa shape index (κ3) is 6.51. The SMILES string of the molecule is CCC(O)(CC)C(CCP(=O)(O)O)O[Si](C)(C)C(C)(C)C. The van der Waals surface area contributed by atoms with Gasteiger partial charge in [0.05, 0.1) is 17.9 Å². The zero-order valence-electron chi connectivity index (χ0n) is 14.5. The Morgan fingerprint density at radius 3 is 1.86 bits per heavy atom. The van der Waals surface area contributed by atoms with Crippen molar-refractivity contribution >= 4 is 15.9 Å². The molecule has 0 aliphatic rings. The van der Waals surface area contributed by atoms with Gasteiger partial charge in [0.1, 0.15) is 0 Å². The predicted molar refractivity (Wildman–Crippen MR) is 89.1 cm³/mol. The van der Waals surface area contributed by atoms with Crippen molar-refractivity contribution in [2.24, 2.45) is 0 Å². The van der Waals surface area contributed by atoms with Gasteiger partial charge in [-0.25, -0.2) is 0 Å². The highest BCUT2D eigenvalue weighted by atomic mass is 31.2. The molecule has 0 saturated heterocycles. The Balaban J connectivity index is 5.29. The third-order valence-corrected chi connectivity index (χ3v) is 10.1. The van der Waals surface area contributed by atoms with Crippen molar-refractivity contribution in [3.05, 3.63) is 0 Å². The summed E-state index contributed by atoms with van der Waals surface area (Å²) in [6, 6.07) is 0. The minimum absolute atomic E-state index is 0.0181. The summed E-state index contributed by atoms with van der Waals surface area (Å²) in [6.45, 7) is 14.3. The highest BCUT2D eigenvalue weighted by Crippen LogP contribution is 2.42. The van der Waals surface area contributed by atoms with E-state index in [1.54, 1.807) is 0 Å². The second-order valence-electron chi connectivity index (χ2n) is 7.35. The first-order chi connectivity index (χ1) is 9.18. The van der Waals surface area contributed by atoms with Gasteiger partial charge in [0, 0.05) is 0 Å². The second kappa shape index (κ2) is 7.24. The summed E-state index contributed by atoms with van der Waals surface area (Å²) < 4.78 is 17.5. The second-order valence-corrected chi connectivity index (χ2v) is 13.9. The first kappa shape index (κ1) is 21.3. The van der Waals surface area contributed by atoms with Crippen LogP contribution >= 0.6 is 7.60 Å². The molecule has 7 heteroatoms. The van der Waals surface area contributed by atoms with E-state index in [1.165, 1.54) is 0 Å². The minimum atomic E-state index is -4.09. The Morgan fingerprint density at radius 2 is 1.57 bits per heavy atom. The van der Waals surface area contributed by atoms with Crippen LogP contribution in [-0.4, -0.2) is 41.1 Å². The quantitative estimate of drug-likeness (QED) is 0.465. The average molecular weight is 340 g/mol. The molecule has 0 saturated carbocycles. The molecule has 0 aliphatic carbocycles. The molecular formula is C14H33O5PSi. The fraction of sp³-hybridized carbons (Fsp3) is 1.00. The van der Waals surface area contributed by atoms with Crippen molar-refractivity contribution in [1.29, 1.82) is 0 Å². The Hall–Kier alpha value is 0.287. The molecule has 21 heavy (non-hydrogen) atoms. The van der Waals surface area contributed by atoms with Crippen molar-refractivity contribution in [2.45, 2.75) is 83.7 Å². The summed E-state index contributed by atoms with van der Waals surface area (Å²) in [5, 5.41) is 10.7. The van der Waals surface area contributed by atoms with E-state index in [-0.39, 0.29) is 17.6 Å². The summed E-state index contributed by atoms with van der Waals surface area (Å²) in [7, 11) is -6.21. The molecule has 0 aromatic carbocycles.